The fourth-order valence-corrected chi connectivity index (χ4v) is 4.08. The molecule has 4 rings (SSSR count). The summed E-state index contributed by atoms with van der Waals surface area (Å²) in [6.07, 6.45) is -1.21. The Morgan fingerprint density at radius 1 is 1.19 bits per heavy atom. The van der Waals surface area contributed by atoms with E-state index in [9.17, 15) is 22.8 Å². The summed E-state index contributed by atoms with van der Waals surface area (Å²) in [6, 6.07) is 12.2. The second-order valence-corrected chi connectivity index (χ2v) is 8.03. The molecule has 160 valence electrons. The molecule has 1 aliphatic heterocycles. The number of hydrogen-bond donors (Lipinski definition) is 1. The van der Waals surface area contributed by atoms with Gasteiger partial charge < -0.3 is 10.1 Å². The number of fused-ring (bicyclic) bond motifs is 1. The smallest absolute Gasteiger partial charge is 0.416 e. The number of hydrogen-bond acceptors (Lipinski definition) is 5. The molecule has 2 heterocycles. The highest BCUT2D eigenvalue weighted by molar-refractivity contribution is 8.01. The Hall–Kier alpha value is -3.27. The van der Waals surface area contributed by atoms with Gasteiger partial charge in [-0.1, -0.05) is 12.1 Å². The van der Waals surface area contributed by atoms with E-state index in [0.717, 1.165) is 35.1 Å². The standard InChI is InChI=1S/C21H16F3N3O3S/c22-21(23,24)14-4-7-17-16(10-14)26-20(29)18(31-17)11-19(28)30-12-13-2-5-15(6-3-13)27-9-1-8-25-27/h1-10,18H,11-12H2,(H,26,29). The monoisotopic (exact) mass is 447 g/mol. The first kappa shape index (κ1) is 21.0. The third-order valence-corrected chi connectivity index (χ3v) is 5.86. The van der Waals surface area contributed by atoms with Crippen LogP contribution in [0.15, 0.2) is 65.8 Å². The average Bonchev–Trinajstić information content (AvgIpc) is 3.27. The van der Waals surface area contributed by atoms with Crippen LogP contribution in [-0.2, 0) is 27.1 Å². The van der Waals surface area contributed by atoms with Crippen LogP contribution in [0, 0.1) is 0 Å². The molecule has 0 saturated heterocycles. The first-order chi connectivity index (χ1) is 14.8. The summed E-state index contributed by atoms with van der Waals surface area (Å²) in [5, 5.41) is 5.80. The zero-order valence-electron chi connectivity index (χ0n) is 15.9. The maximum Gasteiger partial charge on any atom is 0.416 e. The van der Waals surface area contributed by atoms with Crippen LogP contribution < -0.4 is 5.32 Å². The summed E-state index contributed by atoms with van der Waals surface area (Å²) in [6.45, 7) is 0.0444. The van der Waals surface area contributed by atoms with Crippen LogP contribution in [0.1, 0.15) is 17.5 Å². The highest BCUT2D eigenvalue weighted by Gasteiger charge is 2.34. The lowest BCUT2D eigenvalue weighted by molar-refractivity contribution is -0.145. The Kier molecular flexibility index (Phi) is 5.73. The van der Waals surface area contributed by atoms with E-state index in [0.29, 0.717) is 4.90 Å². The first-order valence-corrected chi connectivity index (χ1v) is 10.1. The lowest BCUT2D eigenvalue weighted by Gasteiger charge is -2.24. The van der Waals surface area contributed by atoms with E-state index in [2.05, 4.69) is 10.4 Å². The molecule has 1 aromatic heterocycles. The van der Waals surface area contributed by atoms with E-state index in [1.165, 1.54) is 6.07 Å². The normalized spacial score (nSPS) is 15.8. The summed E-state index contributed by atoms with van der Waals surface area (Å²) in [4.78, 5) is 24.9. The van der Waals surface area contributed by atoms with E-state index >= 15 is 0 Å². The Balaban J connectivity index is 1.33. The van der Waals surface area contributed by atoms with Crippen molar-refractivity contribution >= 4 is 29.3 Å². The lowest BCUT2D eigenvalue weighted by Crippen LogP contribution is -2.31. The number of halogens is 3. The molecular formula is C21H16F3N3O3S. The van der Waals surface area contributed by atoms with Gasteiger partial charge in [0.25, 0.3) is 0 Å². The third kappa shape index (κ3) is 4.91. The van der Waals surface area contributed by atoms with E-state index < -0.39 is 28.9 Å². The molecule has 1 unspecified atom stereocenters. The molecule has 0 saturated carbocycles. The van der Waals surface area contributed by atoms with Crippen molar-refractivity contribution in [2.75, 3.05) is 5.32 Å². The first-order valence-electron chi connectivity index (χ1n) is 9.23. The number of ether oxygens (including phenoxy) is 1. The minimum absolute atomic E-state index is 0.0444. The molecule has 0 fully saturated rings. The molecule has 3 aromatic rings. The maximum absolute atomic E-state index is 12.8. The third-order valence-electron chi connectivity index (χ3n) is 4.58. The molecule has 31 heavy (non-hydrogen) atoms. The number of carbonyl (C=O) groups is 2. The van der Waals surface area contributed by atoms with Crippen LogP contribution in [0.25, 0.3) is 5.69 Å². The van der Waals surface area contributed by atoms with Gasteiger partial charge in [0, 0.05) is 17.3 Å². The minimum atomic E-state index is -4.50. The molecule has 2 aromatic carbocycles. The number of benzene rings is 2. The molecule has 10 heteroatoms. The van der Waals surface area contributed by atoms with Crippen LogP contribution in [-0.4, -0.2) is 26.9 Å². The number of thioether (sulfide) groups is 1. The van der Waals surface area contributed by atoms with E-state index in [1.54, 1.807) is 23.0 Å². The molecule has 1 N–H and O–H groups in total. The fraction of sp³-hybridized carbons (Fsp3) is 0.190. The zero-order valence-corrected chi connectivity index (χ0v) is 16.7. The van der Waals surface area contributed by atoms with Gasteiger partial charge in [-0.15, -0.1) is 11.8 Å². The predicted molar refractivity (Wildman–Crippen MR) is 108 cm³/mol. The summed E-state index contributed by atoms with van der Waals surface area (Å²) in [5.41, 5.74) is 0.882. The fourth-order valence-electron chi connectivity index (χ4n) is 3.00. The SMILES string of the molecule is O=C(CC1Sc2ccc(C(F)(F)F)cc2NC1=O)OCc1ccc(-n2cccn2)cc1. The van der Waals surface area contributed by atoms with Crippen LogP contribution >= 0.6 is 11.8 Å². The van der Waals surface area contributed by atoms with Crippen LogP contribution in [0.4, 0.5) is 18.9 Å². The number of alkyl halides is 3. The van der Waals surface area contributed by atoms with E-state index in [1.807, 2.05) is 24.4 Å². The van der Waals surface area contributed by atoms with Crippen molar-refractivity contribution < 1.29 is 27.5 Å². The Labute approximate surface area is 179 Å². The van der Waals surface area contributed by atoms with Crippen molar-refractivity contribution in [1.29, 1.82) is 0 Å². The summed E-state index contributed by atoms with van der Waals surface area (Å²) >= 11 is 1.04. The van der Waals surface area contributed by atoms with Gasteiger partial charge in [-0.05, 0) is 42.0 Å². The Morgan fingerprint density at radius 2 is 1.97 bits per heavy atom. The quantitative estimate of drug-likeness (QED) is 0.586. The number of amides is 1. The summed E-state index contributed by atoms with van der Waals surface area (Å²) < 4.78 is 45.5. The van der Waals surface area contributed by atoms with Gasteiger partial charge >= 0.3 is 12.1 Å². The van der Waals surface area contributed by atoms with Crippen molar-refractivity contribution in [2.45, 2.75) is 29.3 Å². The van der Waals surface area contributed by atoms with Gasteiger partial charge in [-0.2, -0.15) is 18.3 Å². The number of esters is 1. The number of anilines is 1. The molecule has 0 bridgehead atoms. The van der Waals surface area contributed by atoms with Crippen molar-refractivity contribution in [3.63, 3.8) is 0 Å². The number of rotatable bonds is 5. The number of aromatic nitrogens is 2. The maximum atomic E-state index is 12.8. The van der Waals surface area contributed by atoms with Gasteiger partial charge in [0.1, 0.15) is 6.61 Å². The summed E-state index contributed by atoms with van der Waals surface area (Å²) in [5.74, 6) is -1.10. The molecule has 1 aliphatic rings. The largest absolute Gasteiger partial charge is 0.461 e. The van der Waals surface area contributed by atoms with Gasteiger partial charge in [0.05, 0.1) is 28.6 Å². The molecule has 1 amide bonds. The Morgan fingerprint density at radius 3 is 2.65 bits per heavy atom. The van der Waals surface area contributed by atoms with E-state index in [-0.39, 0.29) is 18.7 Å². The second-order valence-electron chi connectivity index (χ2n) is 6.79. The topological polar surface area (TPSA) is 73.2 Å². The molecular weight excluding hydrogens is 431 g/mol. The highest BCUT2D eigenvalue weighted by Crippen LogP contribution is 2.40. The van der Waals surface area contributed by atoms with Crippen LogP contribution in [0.2, 0.25) is 0 Å². The lowest BCUT2D eigenvalue weighted by atomic mass is 10.1. The summed E-state index contributed by atoms with van der Waals surface area (Å²) in [7, 11) is 0. The minimum Gasteiger partial charge on any atom is -0.461 e. The van der Waals surface area contributed by atoms with Crippen molar-refractivity contribution in [1.82, 2.24) is 9.78 Å². The molecule has 0 spiro atoms. The van der Waals surface area contributed by atoms with Gasteiger partial charge in [-0.3, -0.25) is 9.59 Å². The second kappa shape index (κ2) is 8.46. The predicted octanol–water partition coefficient (Wildman–Crippen LogP) is 4.44. The van der Waals surface area contributed by atoms with Crippen LogP contribution in [0.3, 0.4) is 0 Å². The van der Waals surface area contributed by atoms with Gasteiger partial charge in [0.15, 0.2) is 0 Å². The number of nitrogens with zero attached hydrogens (tertiary/aromatic N) is 2. The number of carbonyl (C=O) groups excluding carboxylic acids is 2. The molecule has 0 radical (unpaired) electrons. The van der Waals surface area contributed by atoms with E-state index in [4.69, 9.17) is 4.74 Å². The Bertz CT molecular complexity index is 1100. The molecule has 6 nitrogen and oxygen atoms in total. The van der Waals surface area contributed by atoms with Crippen molar-refractivity contribution in [2.24, 2.45) is 0 Å². The van der Waals surface area contributed by atoms with Gasteiger partial charge in [0.2, 0.25) is 5.91 Å². The number of nitrogens with one attached hydrogen (secondary N) is 1. The van der Waals surface area contributed by atoms with Crippen LogP contribution in [0.5, 0.6) is 0 Å². The average molecular weight is 447 g/mol. The highest BCUT2D eigenvalue weighted by atomic mass is 32.2. The molecule has 1 atom stereocenters. The van der Waals surface area contributed by atoms with Gasteiger partial charge in [-0.25, -0.2) is 4.68 Å². The van der Waals surface area contributed by atoms with Crippen molar-refractivity contribution in [3.05, 3.63) is 72.1 Å². The van der Waals surface area contributed by atoms with Crippen molar-refractivity contribution in [3.8, 4) is 5.69 Å². The zero-order chi connectivity index (χ0) is 22.0. The molecule has 0 aliphatic carbocycles.